The van der Waals surface area contributed by atoms with Crippen LogP contribution in [0.5, 0.6) is 0 Å². The summed E-state index contributed by atoms with van der Waals surface area (Å²) in [5, 5.41) is 23.2. The van der Waals surface area contributed by atoms with Gasteiger partial charge in [0.25, 0.3) is 5.56 Å². The molecule has 0 aliphatic carbocycles. The van der Waals surface area contributed by atoms with E-state index in [-0.39, 0.29) is 17.7 Å². The number of H-pyrrole nitrogens is 1. The van der Waals surface area contributed by atoms with Crippen molar-refractivity contribution in [2.45, 2.75) is 38.5 Å². The highest BCUT2D eigenvalue weighted by atomic mass is 16.5. The van der Waals surface area contributed by atoms with Crippen LogP contribution in [-0.4, -0.2) is 63.2 Å². The zero-order valence-corrected chi connectivity index (χ0v) is 16.8. The third-order valence-corrected chi connectivity index (χ3v) is 5.76. The number of hydrogen-bond acceptors (Lipinski definition) is 6. The number of para-hydroxylation sites is 1. The minimum Gasteiger partial charge on any atom is -0.393 e. The molecule has 154 valence electrons. The van der Waals surface area contributed by atoms with Gasteiger partial charge in [0.1, 0.15) is 0 Å². The van der Waals surface area contributed by atoms with Crippen molar-refractivity contribution in [3.63, 3.8) is 0 Å². The van der Waals surface area contributed by atoms with Gasteiger partial charge in [0.15, 0.2) is 6.04 Å². The van der Waals surface area contributed by atoms with Gasteiger partial charge in [-0.3, -0.25) is 4.79 Å². The van der Waals surface area contributed by atoms with Gasteiger partial charge >= 0.3 is 0 Å². The molecule has 29 heavy (non-hydrogen) atoms. The van der Waals surface area contributed by atoms with Gasteiger partial charge in [0.05, 0.1) is 43.4 Å². The number of aliphatic hydroxyl groups is 1. The van der Waals surface area contributed by atoms with Crippen LogP contribution in [0.4, 0.5) is 0 Å². The maximum Gasteiger partial charge on any atom is 0.258 e. The first-order chi connectivity index (χ1) is 14.1. The van der Waals surface area contributed by atoms with Crippen LogP contribution in [0, 0.1) is 6.92 Å². The third kappa shape index (κ3) is 3.93. The second kappa shape index (κ2) is 8.40. The monoisotopic (exact) mass is 399 g/mol. The van der Waals surface area contributed by atoms with Gasteiger partial charge in [-0.25, -0.2) is 4.68 Å². The molecule has 1 saturated heterocycles. The molecule has 2 aromatic heterocycles. The van der Waals surface area contributed by atoms with Gasteiger partial charge in [0, 0.05) is 20.0 Å². The zero-order chi connectivity index (χ0) is 20.4. The topological polar surface area (TPSA) is 110 Å². The predicted molar refractivity (Wildman–Crippen MR) is 107 cm³/mol. The normalized spacial score (nSPS) is 20.8. The number of tetrazole rings is 1. The summed E-state index contributed by atoms with van der Waals surface area (Å²) in [5.74, 6) is 0.644. The second-order valence-corrected chi connectivity index (χ2v) is 7.67. The Bertz CT molecular complexity index is 1040. The Hall–Kier alpha value is -2.62. The van der Waals surface area contributed by atoms with E-state index in [2.05, 4.69) is 20.5 Å². The minimum absolute atomic E-state index is 0.128. The van der Waals surface area contributed by atoms with Gasteiger partial charge in [-0.2, -0.15) is 0 Å². The molecule has 0 spiro atoms. The molecule has 1 aliphatic heterocycles. The lowest BCUT2D eigenvalue weighted by Gasteiger charge is -2.32. The highest BCUT2D eigenvalue weighted by Crippen LogP contribution is 2.21. The lowest BCUT2D eigenvalue weighted by Crippen LogP contribution is -3.14. The summed E-state index contributed by atoms with van der Waals surface area (Å²) in [4.78, 5) is 17.4. The average Bonchev–Trinajstić information content (AvgIpc) is 3.17. The fourth-order valence-corrected chi connectivity index (χ4v) is 4.17. The largest absolute Gasteiger partial charge is 0.393 e. The first kappa shape index (κ1) is 19.7. The number of aromatic nitrogens is 5. The van der Waals surface area contributed by atoms with Crippen molar-refractivity contribution in [3.8, 4) is 0 Å². The van der Waals surface area contributed by atoms with Gasteiger partial charge in [-0.1, -0.05) is 18.2 Å². The molecular formula is C20H27N6O3+. The number of likely N-dealkylation sites (tertiary alicyclic amines) is 1. The summed E-state index contributed by atoms with van der Waals surface area (Å²) in [5.41, 5.74) is 2.39. The third-order valence-electron chi connectivity index (χ3n) is 5.76. The van der Waals surface area contributed by atoms with Crippen molar-refractivity contribution in [2.75, 3.05) is 26.8 Å². The van der Waals surface area contributed by atoms with Crippen molar-refractivity contribution in [1.29, 1.82) is 0 Å². The number of ether oxygens (including phenoxy) is 1. The van der Waals surface area contributed by atoms with Gasteiger partial charge in [-0.15, -0.1) is 5.10 Å². The van der Waals surface area contributed by atoms with E-state index < -0.39 is 0 Å². The quantitative estimate of drug-likeness (QED) is 0.520. The maximum atomic E-state index is 13.1. The van der Waals surface area contributed by atoms with Gasteiger partial charge in [-0.05, 0) is 34.4 Å². The lowest BCUT2D eigenvalue weighted by atomic mass is 9.99. The smallest absolute Gasteiger partial charge is 0.258 e. The van der Waals surface area contributed by atoms with E-state index in [1.807, 2.05) is 31.2 Å². The van der Waals surface area contributed by atoms with E-state index in [4.69, 9.17) is 4.74 Å². The predicted octanol–water partition coefficient (Wildman–Crippen LogP) is -0.402. The van der Waals surface area contributed by atoms with Crippen LogP contribution in [0.2, 0.25) is 0 Å². The minimum atomic E-state index is -0.317. The van der Waals surface area contributed by atoms with Crippen molar-refractivity contribution in [3.05, 3.63) is 51.6 Å². The van der Waals surface area contributed by atoms with Crippen LogP contribution in [0.15, 0.2) is 29.1 Å². The van der Waals surface area contributed by atoms with E-state index >= 15 is 0 Å². The van der Waals surface area contributed by atoms with Crippen LogP contribution in [-0.2, 0) is 11.3 Å². The number of hydrogen-bond donors (Lipinski definition) is 3. The second-order valence-electron chi connectivity index (χ2n) is 7.67. The Labute approximate surface area is 168 Å². The summed E-state index contributed by atoms with van der Waals surface area (Å²) in [6.45, 7) is 4.46. The number of piperidine rings is 1. The average molecular weight is 399 g/mol. The molecule has 1 atom stereocenters. The van der Waals surface area contributed by atoms with E-state index in [1.165, 1.54) is 4.90 Å². The Balaban J connectivity index is 1.83. The molecule has 1 fully saturated rings. The molecule has 3 N–H and O–H groups in total. The molecule has 0 bridgehead atoms. The molecular weight excluding hydrogens is 372 g/mol. The number of benzene rings is 1. The molecule has 9 heteroatoms. The molecule has 0 unspecified atom stereocenters. The summed E-state index contributed by atoms with van der Waals surface area (Å²) in [6.07, 6.45) is 1.09. The van der Waals surface area contributed by atoms with Crippen molar-refractivity contribution < 1.29 is 14.7 Å². The van der Waals surface area contributed by atoms with Crippen molar-refractivity contribution in [2.24, 2.45) is 0 Å². The highest BCUT2D eigenvalue weighted by Gasteiger charge is 2.36. The number of nitrogens with one attached hydrogen (secondary N) is 2. The lowest BCUT2D eigenvalue weighted by molar-refractivity contribution is -0.932. The number of fused-ring (bicyclic) bond motifs is 1. The summed E-state index contributed by atoms with van der Waals surface area (Å²) < 4.78 is 6.90. The van der Waals surface area contributed by atoms with Gasteiger partial charge in [0.2, 0.25) is 5.82 Å². The zero-order valence-electron chi connectivity index (χ0n) is 16.8. The number of methoxy groups -OCH3 is 1. The molecule has 4 rings (SSSR count). The SMILES string of the molecule is COCCn1nnnc1[C@H](c1cc2cccc(C)c2[nH]c1=O)[NH+]1CCC(O)CC1. The number of aromatic amines is 1. The van der Waals surface area contributed by atoms with Crippen molar-refractivity contribution >= 4 is 10.9 Å². The van der Waals surface area contributed by atoms with E-state index in [9.17, 15) is 9.90 Å². The molecule has 1 aromatic carbocycles. The number of rotatable bonds is 6. The Morgan fingerprint density at radius 2 is 2.17 bits per heavy atom. The van der Waals surface area contributed by atoms with Crippen LogP contribution in [0.1, 0.15) is 35.8 Å². The molecule has 0 amide bonds. The first-order valence-electron chi connectivity index (χ1n) is 9.98. The van der Waals surface area contributed by atoms with E-state index in [0.717, 1.165) is 29.6 Å². The van der Waals surface area contributed by atoms with E-state index in [0.29, 0.717) is 37.4 Å². The summed E-state index contributed by atoms with van der Waals surface area (Å²) in [7, 11) is 1.63. The highest BCUT2D eigenvalue weighted by molar-refractivity contribution is 5.82. The molecule has 3 heterocycles. The maximum absolute atomic E-state index is 13.1. The summed E-state index contributed by atoms with van der Waals surface area (Å²) in [6, 6.07) is 7.61. The van der Waals surface area contributed by atoms with Gasteiger partial charge < -0.3 is 19.7 Å². The molecule has 3 aromatic rings. The first-order valence-corrected chi connectivity index (χ1v) is 9.98. The van der Waals surface area contributed by atoms with Crippen LogP contribution >= 0.6 is 0 Å². The standard InChI is InChI=1S/C20H26N6O3/c1-13-4-3-5-14-12-16(20(28)21-17(13)14)18(25-8-6-15(27)7-9-25)19-22-23-24-26(19)10-11-29-2/h3-5,12,15,18,27H,6-11H2,1-2H3,(H,21,28)/p+1/t18-/m0/s1. The fourth-order valence-electron chi connectivity index (χ4n) is 4.17. The Kier molecular flexibility index (Phi) is 5.70. The number of aryl methyl sites for hydroxylation is 1. The number of quaternary nitrogens is 1. The molecule has 9 nitrogen and oxygen atoms in total. The van der Waals surface area contributed by atoms with Crippen LogP contribution in [0.3, 0.4) is 0 Å². The number of aliphatic hydroxyl groups excluding tert-OH is 1. The van der Waals surface area contributed by atoms with Crippen molar-refractivity contribution in [1.82, 2.24) is 25.2 Å². The van der Waals surface area contributed by atoms with Crippen LogP contribution < -0.4 is 10.5 Å². The molecule has 1 aliphatic rings. The van der Waals surface area contributed by atoms with Crippen LogP contribution in [0.25, 0.3) is 10.9 Å². The molecule has 0 saturated carbocycles. The number of nitrogens with zero attached hydrogens (tertiary/aromatic N) is 4. The summed E-state index contributed by atoms with van der Waals surface area (Å²) >= 11 is 0. The fraction of sp³-hybridized carbons (Fsp3) is 0.500. The Morgan fingerprint density at radius 3 is 2.93 bits per heavy atom. The number of pyridine rings is 1. The Morgan fingerprint density at radius 1 is 1.38 bits per heavy atom. The molecule has 0 radical (unpaired) electrons. The van der Waals surface area contributed by atoms with E-state index in [1.54, 1.807) is 11.8 Å².